The molecule has 1 aliphatic rings. The van der Waals surface area contributed by atoms with Crippen molar-refractivity contribution in [3.8, 4) is 0 Å². The summed E-state index contributed by atoms with van der Waals surface area (Å²) in [6.45, 7) is 3.99. The van der Waals surface area contributed by atoms with Crippen LogP contribution >= 0.6 is 0 Å². The second-order valence-electron chi connectivity index (χ2n) is 4.15. The Morgan fingerprint density at radius 3 is 2.56 bits per heavy atom. The molecule has 0 bridgehead atoms. The number of hydrogen-bond acceptors (Lipinski definition) is 4. The van der Waals surface area contributed by atoms with Crippen molar-refractivity contribution in [1.29, 1.82) is 0 Å². The molecule has 1 aliphatic carbocycles. The van der Waals surface area contributed by atoms with E-state index in [0.29, 0.717) is 18.6 Å². The van der Waals surface area contributed by atoms with Crippen molar-refractivity contribution in [2.75, 3.05) is 13.2 Å². The van der Waals surface area contributed by atoms with Gasteiger partial charge >= 0.3 is 0 Å². The molecule has 3 atom stereocenters. The highest BCUT2D eigenvalue weighted by molar-refractivity contribution is 5.65. The van der Waals surface area contributed by atoms with Gasteiger partial charge in [-0.1, -0.05) is 6.58 Å². The lowest BCUT2D eigenvalue weighted by molar-refractivity contribution is -0.121. The number of ether oxygens (including phenoxy) is 1. The lowest BCUT2D eigenvalue weighted by Crippen LogP contribution is -2.28. The maximum Gasteiger partial charge on any atom is 0.123 e. The highest BCUT2D eigenvalue weighted by Gasteiger charge is 2.31. The third-order valence-electron chi connectivity index (χ3n) is 3.14. The van der Waals surface area contributed by atoms with E-state index in [1.54, 1.807) is 0 Å². The van der Waals surface area contributed by atoms with Crippen molar-refractivity contribution in [1.82, 2.24) is 0 Å². The number of rotatable bonds is 6. The maximum absolute atomic E-state index is 10.8. The smallest absolute Gasteiger partial charge is 0.123 e. The Morgan fingerprint density at radius 2 is 2.00 bits per heavy atom. The largest absolute Gasteiger partial charge is 0.496 e. The molecule has 90 valence electrons. The molecule has 1 rings (SSSR count). The van der Waals surface area contributed by atoms with E-state index in [2.05, 4.69) is 6.58 Å². The topological polar surface area (TPSA) is 63.6 Å². The van der Waals surface area contributed by atoms with Crippen LogP contribution in [0.5, 0.6) is 0 Å². The van der Waals surface area contributed by atoms with Crippen LogP contribution in [0.15, 0.2) is 12.3 Å². The minimum Gasteiger partial charge on any atom is -0.496 e. The molecule has 0 aliphatic heterocycles. The van der Waals surface area contributed by atoms with E-state index in [1.807, 2.05) is 0 Å². The van der Waals surface area contributed by atoms with Crippen LogP contribution in [-0.2, 0) is 14.3 Å². The van der Waals surface area contributed by atoms with Gasteiger partial charge in [0, 0.05) is 17.8 Å². The minimum absolute atomic E-state index is 0.0419. The first kappa shape index (κ1) is 12.9. The zero-order valence-corrected chi connectivity index (χ0v) is 9.30. The highest BCUT2D eigenvalue weighted by Crippen LogP contribution is 2.35. The summed E-state index contributed by atoms with van der Waals surface area (Å²) in [6.07, 6.45) is 3.87. The van der Waals surface area contributed by atoms with Crippen LogP contribution in [0.3, 0.4) is 0 Å². The molecule has 0 aromatic carbocycles. The number of carbonyl (C=O) groups excluding carboxylic acids is 2. The second-order valence-corrected chi connectivity index (χ2v) is 4.15. The second kappa shape index (κ2) is 6.43. The Labute approximate surface area is 95.3 Å². The van der Waals surface area contributed by atoms with Gasteiger partial charge in [0.2, 0.25) is 0 Å². The van der Waals surface area contributed by atoms with E-state index in [-0.39, 0.29) is 31.0 Å². The predicted molar refractivity (Wildman–Crippen MR) is 58.6 cm³/mol. The first-order valence-electron chi connectivity index (χ1n) is 5.56. The monoisotopic (exact) mass is 226 g/mol. The third kappa shape index (κ3) is 3.17. The van der Waals surface area contributed by atoms with E-state index < -0.39 is 0 Å². The van der Waals surface area contributed by atoms with E-state index >= 15 is 0 Å². The van der Waals surface area contributed by atoms with Gasteiger partial charge in [-0.3, -0.25) is 0 Å². The normalized spacial score (nSPS) is 29.4. The molecule has 0 aromatic rings. The Hall–Kier alpha value is -1.16. The Morgan fingerprint density at radius 1 is 1.31 bits per heavy atom. The van der Waals surface area contributed by atoms with E-state index in [1.165, 1.54) is 0 Å². The van der Waals surface area contributed by atoms with Crippen molar-refractivity contribution in [3.05, 3.63) is 12.3 Å². The molecular formula is C12H18O4. The molecular weight excluding hydrogens is 208 g/mol. The van der Waals surface area contributed by atoms with Gasteiger partial charge in [-0.25, -0.2) is 0 Å². The summed E-state index contributed by atoms with van der Waals surface area (Å²) in [5.41, 5.74) is 0. The van der Waals surface area contributed by atoms with E-state index in [4.69, 9.17) is 9.84 Å². The van der Waals surface area contributed by atoms with E-state index in [0.717, 1.165) is 19.0 Å². The Balaban J connectivity index is 2.49. The quantitative estimate of drug-likeness (QED) is 0.541. The van der Waals surface area contributed by atoms with Gasteiger partial charge in [0.05, 0.1) is 12.4 Å². The molecule has 4 nitrogen and oxygen atoms in total. The van der Waals surface area contributed by atoms with Gasteiger partial charge in [-0.2, -0.15) is 0 Å². The van der Waals surface area contributed by atoms with Crippen molar-refractivity contribution < 1.29 is 19.4 Å². The fraction of sp³-hybridized carbons (Fsp3) is 0.667. The first-order chi connectivity index (χ1) is 7.72. The molecule has 1 fully saturated rings. The fourth-order valence-electron chi connectivity index (χ4n) is 2.14. The molecule has 3 unspecified atom stereocenters. The van der Waals surface area contributed by atoms with Crippen molar-refractivity contribution in [2.45, 2.75) is 19.3 Å². The molecule has 0 saturated heterocycles. The van der Waals surface area contributed by atoms with E-state index in [9.17, 15) is 9.59 Å². The summed E-state index contributed by atoms with van der Waals surface area (Å²) in [6, 6.07) is 0. The highest BCUT2D eigenvalue weighted by atomic mass is 16.5. The molecule has 16 heavy (non-hydrogen) atoms. The average molecular weight is 226 g/mol. The van der Waals surface area contributed by atoms with Crippen LogP contribution < -0.4 is 0 Å². The molecule has 0 amide bonds. The van der Waals surface area contributed by atoms with Crippen LogP contribution in [-0.4, -0.2) is 30.9 Å². The molecule has 0 spiro atoms. The Kier molecular flexibility index (Phi) is 5.19. The number of hydrogen-bond donors (Lipinski definition) is 1. The third-order valence-corrected chi connectivity index (χ3v) is 3.14. The zero-order valence-electron chi connectivity index (χ0n) is 9.30. The first-order valence-corrected chi connectivity index (χ1v) is 5.56. The van der Waals surface area contributed by atoms with Crippen LogP contribution in [0.1, 0.15) is 19.3 Å². The average Bonchev–Trinajstić information content (AvgIpc) is 2.34. The summed E-state index contributed by atoms with van der Waals surface area (Å²) in [5.74, 6) is 0.369. The molecule has 0 aromatic heterocycles. The number of aliphatic hydroxyl groups is 1. The lowest BCUT2D eigenvalue weighted by Gasteiger charge is -2.31. The summed E-state index contributed by atoms with van der Waals surface area (Å²) in [4.78, 5) is 21.6. The maximum atomic E-state index is 10.8. The molecule has 4 heteroatoms. The van der Waals surface area contributed by atoms with Gasteiger partial charge in [-0.15, -0.1) is 0 Å². The van der Waals surface area contributed by atoms with Gasteiger partial charge in [0.15, 0.2) is 0 Å². The number of aliphatic hydroxyl groups excluding tert-OH is 1. The molecule has 1 N–H and O–H groups in total. The van der Waals surface area contributed by atoms with Crippen LogP contribution in [0.25, 0.3) is 0 Å². The Bertz CT molecular complexity index is 262. The standard InChI is InChI=1S/C12H18O4/c1-9(16-5-4-13)10-2-3-11(7-14)12(6-10)8-15/h7-8,10-13H,1-6H2. The van der Waals surface area contributed by atoms with Gasteiger partial charge in [0.25, 0.3) is 0 Å². The predicted octanol–water partition coefficient (Wildman–Crippen LogP) is 0.939. The number of aldehydes is 2. The van der Waals surface area contributed by atoms with Crippen LogP contribution in [0.4, 0.5) is 0 Å². The van der Waals surface area contributed by atoms with Crippen molar-refractivity contribution >= 4 is 12.6 Å². The molecule has 0 radical (unpaired) electrons. The zero-order chi connectivity index (χ0) is 12.0. The van der Waals surface area contributed by atoms with Crippen molar-refractivity contribution in [2.24, 2.45) is 17.8 Å². The molecule has 1 saturated carbocycles. The van der Waals surface area contributed by atoms with Gasteiger partial charge in [-0.05, 0) is 19.3 Å². The minimum atomic E-state index is -0.217. The number of carbonyl (C=O) groups is 2. The summed E-state index contributed by atoms with van der Waals surface area (Å²) >= 11 is 0. The number of allylic oxidation sites excluding steroid dienone is 1. The fourth-order valence-corrected chi connectivity index (χ4v) is 2.14. The van der Waals surface area contributed by atoms with Crippen LogP contribution in [0.2, 0.25) is 0 Å². The SMILES string of the molecule is C=C(OCCO)C1CCC(C=O)C(C=O)C1. The summed E-state index contributed by atoms with van der Waals surface area (Å²) in [5, 5.41) is 8.62. The summed E-state index contributed by atoms with van der Waals surface area (Å²) in [7, 11) is 0. The van der Waals surface area contributed by atoms with Gasteiger partial charge < -0.3 is 19.4 Å². The molecule has 0 heterocycles. The van der Waals surface area contributed by atoms with Crippen LogP contribution in [0, 0.1) is 17.8 Å². The lowest BCUT2D eigenvalue weighted by atomic mass is 9.75. The summed E-state index contributed by atoms with van der Waals surface area (Å²) < 4.78 is 5.24. The van der Waals surface area contributed by atoms with Crippen molar-refractivity contribution in [3.63, 3.8) is 0 Å². The van der Waals surface area contributed by atoms with Gasteiger partial charge in [0.1, 0.15) is 19.2 Å².